The molecule has 0 bridgehead atoms. The van der Waals surface area contributed by atoms with Gasteiger partial charge in [0.25, 0.3) is 0 Å². The van der Waals surface area contributed by atoms with Crippen LogP contribution in [-0.4, -0.2) is 34.9 Å². The SMILES string of the molecule is CC(C)(C)C(O)CCC1CCOC2(CCSCC2)C1. The lowest BCUT2D eigenvalue weighted by atomic mass is 9.78. The first-order valence-electron chi connectivity index (χ1n) is 7.81. The molecule has 2 aliphatic heterocycles. The standard InChI is InChI=1S/C16H30O2S/c1-15(2,3)14(17)5-4-13-6-9-18-16(12-13)7-10-19-11-8-16/h13-14,17H,4-12H2,1-3H3. The van der Waals surface area contributed by atoms with Crippen molar-refractivity contribution < 1.29 is 9.84 Å². The number of rotatable bonds is 3. The van der Waals surface area contributed by atoms with Crippen molar-refractivity contribution in [3.05, 3.63) is 0 Å². The minimum absolute atomic E-state index is 0.0182. The van der Waals surface area contributed by atoms with E-state index in [4.69, 9.17) is 4.74 Å². The summed E-state index contributed by atoms with van der Waals surface area (Å²) in [6.07, 6.45) is 6.81. The highest BCUT2D eigenvalue weighted by Crippen LogP contribution is 2.41. The molecule has 2 saturated heterocycles. The summed E-state index contributed by atoms with van der Waals surface area (Å²) in [7, 11) is 0. The lowest BCUT2D eigenvalue weighted by Gasteiger charge is -2.43. The van der Waals surface area contributed by atoms with Gasteiger partial charge in [0.2, 0.25) is 0 Å². The Morgan fingerprint density at radius 3 is 2.63 bits per heavy atom. The third-order valence-electron chi connectivity index (χ3n) is 4.85. The summed E-state index contributed by atoms with van der Waals surface area (Å²) in [5.74, 6) is 3.28. The van der Waals surface area contributed by atoms with Gasteiger partial charge >= 0.3 is 0 Å². The van der Waals surface area contributed by atoms with E-state index < -0.39 is 0 Å². The molecule has 2 aliphatic rings. The maximum Gasteiger partial charge on any atom is 0.0700 e. The van der Waals surface area contributed by atoms with E-state index in [9.17, 15) is 5.11 Å². The summed E-state index contributed by atoms with van der Waals surface area (Å²) < 4.78 is 6.13. The second-order valence-electron chi connectivity index (χ2n) is 7.46. The zero-order valence-corrected chi connectivity index (χ0v) is 13.6. The number of hydrogen-bond acceptors (Lipinski definition) is 3. The maximum absolute atomic E-state index is 10.2. The van der Waals surface area contributed by atoms with Crippen LogP contribution in [0.3, 0.4) is 0 Å². The van der Waals surface area contributed by atoms with Crippen molar-refractivity contribution in [3.8, 4) is 0 Å². The van der Waals surface area contributed by atoms with Crippen molar-refractivity contribution in [2.24, 2.45) is 11.3 Å². The van der Waals surface area contributed by atoms with Gasteiger partial charge in [0.1, 0.15) is 0 Å². The van der Waals surface area contributed by atoms with Crippen LogP contribution in [0.2, 0.25) is 0 Å². The lowest BCUT2D eigenvalue weighted by Crippen LogP contribution is -2.43. The first-order chi connectivity index (χ1) is 8.91. The number of ether oxygens (including phenoxy) is 1. The van der Waals surface area contributed by atoms with E-state index in [1.165, 1.54) is 37.2 Å². The molecule has 112 valence electrons. The molecule has 0 aliphatic carbocycles. The third kappa shape index (κ3) is 4.37. The number of hydrogen-bond donors (Lipinski definition) is 1. The van der Waals surface area contributed by atoms with Crippen molar-refractivity contribution in [2.45, 2.75) is 71.0 Å². The summed E-state index contributed by atoms with van der Waals surface area (Å²) in [4.78, 5) is 0. The van der Waals surface area contributed by atoms with Gasteiger partial charge in [-0.2, -0.15) is 11.8 Å². The van der Waals surface area contributed by atoms with Crippen molar-refractivity contribution in [2.75, 3.05) is 18.1 Å². The van der Waals surface area contributed by atoms with Crippen LogP contribution in [0.1, 0.15) is 59.3 Å². The van der Waals surface area contributed by atoms with Crippen molar-refractivity contribution in [3.63, 3.8) is 0 Å². The summed E-state index contributed by atoms with van der Waals surface area (Å²) in [6.45, 7) is 7.31. The molecule has 0 amide bonds. The number of thioether (sulfide) groups is 1. The van der Waals surface area contributed by atoms with Gasteiger partial charge in [-0.25, -0.2) is 0 Å². The predicted molar refractivity (Wildman–Crippen MR) is 82.7 cm³/mol. The molecule has 19 heavy (non-hydrogen) atoms. The highest BCUT2D eigenvalue weighted by Gasteiger charge is 2.38. The second-order valence-corrected chi connectivity index (χ2v) is 8.69. The van der Waals surface area contributed by atoms with Crippen LogP contribution >= 0.6 is 11.8 Å². The van der Waals surface area contributed by atoms with E-state index in [2.05, 4.69) is 32.5 Å². The fourth-order valence-corrected chi connectivity index (χ4v) is 4.53. The zero-order valence-electron chi connectivity index (χ0n) is 12.8. The first kappa shape index (κ1) is 15.7. The molecule has 1 spiro atoms. The maximum atomic E-state index is 10.2. The second kappa shape index (κ2) is 6.36. The Hall–Kier alpha value is 0.270. The Morgan fingerprint density at radius 1 is 1.32 bits per heavy atom. The molecule has 2 nitrogen and oxygen atoms in total. The Labute approximate surface area is 122 Å². The molecule has 2 atom stereocenters. The van der Waals surface area contributed by atoms with E-state index in [-0.39, 0.29) is 17.1 Å². The fraction of sp³-hybridized carbons (Fsp3) is 1.00. The summed E-state index contributed by atoms with van der Waals surface area (Å²) in [5, 5.41) is 10.2. The molecule has 2 rings (SSSR count). The van der Waals surface area contributed by atoms with Gasteiger partial charge in [-0.3, -0.25) is 0 Å². The van der Waals surface area contributed by atoms with E-state index in [1.54, 1.807) is 0 Å². The average molecular weight is 286 g/mol. The van der Waals surface area contributed by atoms with Crippen LogP contribution < -0.4 is 0 Å². The Morgan fingerprint density at radius 2 is 2.00 bits per heavy atom. The third-order valence-corrected chi connectivity index (χ3v) is 5.83. The summed E-state index contributed by atoms with van der Waals surface area (Å²) >= 11 is 2.07. The smallest absolute Gasteiger partial charge is 0.0700 e. The molecule has 2 fully saturated rings. The Kier molecular flexibility index (Phi) is 5.24. The van der Waals surface area contributed by atoms with Crippen LogP contribution in [0.15, 0.2) is 0 Å². The highest BCUT2D eigenvalue weighted by atomic mass is 32.2. The minimum Gasteiger partial charge on any atom is -0.393 e. The predicted octanol–water partition coefficient (Wildman–Crippen LogP) is 3.87. The highest BCUT2D eigenvalue weighted by molar-refractivity contribution is 7.99. The van der Waals surface area contributed by atoms with Crippen LogP contribution in [0.5, 0.6) is 0 Å². The quantitative estimate of drug-likeness (QED) is 0.854. The Bertz CT molecular complexity index is 273. The lowest BCUT2D eigenvalue weighted by molar-refractivity contribution is -0.105. The molecule has 0 aromatic carbocycles. The van der Waals surface area contributed by atoms with Gasteiger partial charge in [-0.1, -0.05) is 20.8 Å². The first-order valence-corrected chi connectivity index (χ1v) is 8.97. The molecule has 0 saturated carbocycles. The van der Waals surface area contributed by atoms with E-state index in [0.29, 0.717) is 0 Å². The molecule has 0 aromatic rings. The van der Waals surface area contributed by atoms with Gasteiger partial charge in [0, 0.05) is 6.61 Å². The minimum atomic E-state index is -0.173. The molecule has 1 N–H and O–H groups in total. The van der Waals surface area contributed by atoms with Crippen molar-refractivity contribution >= 4 is 11.8 Å². The van der Waals surface area contributed by atoms with Crippen LogP contribution in [0.25, 0.3) is 0 Å². The van der Waals surface area contributed by atoms with Gasteiger partial charge in [-0.15, -0.1) is 0 Å². The van der Waals surface area contributed by atoms with E-state index in [1.807, 2.05) is 0 Å². The topological polar surface area (TPSA) is 29.5 Å². The van der Waals surface area contributed by atoms with Gasteiger partial charge in [0.05, 0.1) is 11.7 Å². The molecule has 2 heterocycles. The van der Waals surface area contributed by atoms with E-state index >= 15 is 0 Å². The van der Waals surface area contributed by atoms with Crippen molar-refractivity contribution in [1.29, 1.82) is 0 Å². The molecule has 3 heteroatoms. The average Bonchev–Trinajstić information content (AvgIpc) is 2.36. The normalized spacial score (nSPS) is 29.4. The van der Waals surface area contributed by atoms with E-state index in [0.717, 1.165) is 25.4 Å². The van der Waals surface area contributed by atoms with Crippen LogP contribution in [0.4, 0.5) is 0 Å². The largest absolute Gasteiger partial charge is 0.393 e. The molecule has 0 aromatic heterocycles. The molecule has 0 radical (unpaired) electrons. The molecular weight excluding hydrogens is 256 g/mol. The number of aliphatic hydroxyl groups excluding tert-OH is 1. The molecular formula is C16H30O2S. The number of aliphatic hydroxyl groups is 1. The molecule has 2 unspecified atom stereocenters. The fourth-order valence-electron chi connectivity index (χ4n) is 3.29. The summed E-state index contributed by atoms with van der Waals surface area (Å²) in [5.41, 5.74) is 0.213. The van der Waals surface area contributed by atoms with Gasteiger partial charge in [-0.05, 0) is 61.4 Å². The van der Waals surface area contributed by atoms with Gasteiger partial charge in [0.15, 0.2) is 0 Å². The summed E-state index contributed by atoms with van der Waals surface area (Å²) in [6, 6.07) is 0. The van der Waals surface area contributed by atoms with Crippen LogP contribution in [0, 0.1) is 11.3 Å². The van der Waals surface area contributed by atoms with Gasteiger partial charge < -0.3 is 9.84 Å². The monoisotopic (exact) mass is 286 g/mol. The zero-order chi connectivity index (χ0) is 13.9. The van der Waals surface area contributed by atoms with Crippen LogP contribution in [-0.2, 0) is 4.74 Å². The Balaban J connectivity index is 1.81. The van der Waals surface area contributed by atoms with Crippen molar-refractivity contribution in [1.82, 2.24) is 0 Å².